The molecule has 0 atom stereocenters. The van der Waals surface area contributed by atoms with Crippen molar-refractivity contribution in [3.63, 3.8) is 0 Å². The van der Waals surface area contributed by atoms with Gasteiger partial charge in [-0.1, -0.05) is 29.8 Å². The van der Waals surface area contributed by atoms with Crippen molar-refractivity contribution in [1.82, 2.24) is 20.1 Å². The summed E-state index contributed by atoms with van der Waals surface area (Å²) in [5.41, 5.74) is 0.372. The van der Waals surface area contributed by atoms with E-state index in [1.807, 2.05) is 19.1 Å². The van der Waals surface area contributed by atoms with Crippen molar-refractivity contribution in [2.45, 2.75) is 26.1 Å². The highest BCUT2D eigenvalue weighted by molar-refractivity contribution is 5.98. The van der Waals surface area contributed by atoms with Crippen LogP contribution in [0.4, 0.5) is 18.9 Å². The van der Waals surface area contributed by atoms with Crippen LogP contribution in [0, 0.1) is 6.92 Å². The minimum absolute atomic E-state index is 0.00159. The van der Waals surface area contributed by atoms with E-state index >= 15 is 0 Å². The molecule has 0 spiro atoms. The summed E-state index contributed by atoms with van der Waals surface area (Å²) in [7, 11) is 0. The molecule has 0 unspecified atom stereocenters. The van der Waals surface area contributed by atoms with E-state index in [0.29, 0.717) is 6.54 Å². The molecule has 10 heteroatoms. The lowest BCUT2D eigenvalue weighted by Crippen LogP contribution is -2.27. The zero-order chi connectivity index (χ0) is 22.4. The van der Waals surface area contributed by atoms with E-state index in [2.05, 4.69) is 20.8 Å². The maximum absolute atomic E-state index is 13.3. The standard InChI is InChI=1S/C21H20F3N5O2/c1-14-3-2-4-15(7-14)8-19(30)28-18-10-16(9-17(11-18)21(22,23)24)20(31)25-5-6-29-12-26-27-13-29/h2-4,7,9-13H,5-6,8H2,1H3,(H,25,31)(H,28,30). The molecule has 0 fully saturated rings. The van der Waals surface area contributed by atoms with Crippen molar-refractivity contribution in [3.8, 4) is 0 Å². The molecule has 2 amide bonds. The molecule has 7 nitrogen and oxygen atoms in total. The molecule has 0 saturated heterocycles. The van der Waals surface area contributed by atoms with E-state index in [1.165, 1.54) is 18.7 Å². The number of hydrogen-bond acceptors (Lipinski definition) is 4. The number of hydrogen-bond donors (Lipinski definition) is 2. The molecule has 3 rings (SSSR count). The van der Waals surface area contributed by atoms with Gasteiger partial charge in [0, 0.05) is 24.3 Å². The van der Waals surface area contributed by atoms with Crippen LogP contribution >= 0.6 is 0 Å². The van der Waals surface area contributed by atoms with Crippen LogP contribution in [0.2, 0.25) is 0 Å². The zero-order valence-electron chi connectivity index (χ0n) is 16.6. The average molecular weight is 431 g/mol. The van der Waals surface area contributed by atoms with Crippen LogP contribution in [0.3, 0.4) is 0 Å². The number of aromatic nitrogens is 3. The van der Waals surface area contributed by atoms with Crippen molar-refractivity contribution in [2.24, 2.45) is 0 Å². The van der Waals surface area contributed by atoms with E-state index in [-0.39, 0.29) is 24.2 Å². The number of halogens is 3. The quantitative estimate of drug-likeness (QED) is 0.601. The van der Waals surface area contributed by atoms with Gasteiger partial charge in [0.15, 0.2) is 0 Å². The minimum Gasteiger partial charge on any atom is -0.350 e. The van der Waals surface area contributed by atoms with E-state index in [9.17, 15) is 22.8 Å². The molecule has 0 radical (unpaired) electrons. The lowest BCUT2D eigenvalue weighted by Gasteiger charge is -2.13. The molecule has 0 aliphatic rings. The summed E-state index contributed by atoms with van der Waals surface area (Å²) in [6.07, 6.45) is -1.76. The normalized spacial score (nSPS) is 11.2. The van der Waals surface area contributed by atoms with E-state index in [1.54, 1.807) is 16.7 Å². The molecule has 3 aromatic rings. The minimum atomic E-state index is -4.67. The Labute approximate surface area is 176 Å². The Kier molecular flexibility index (Phi) is 6.68. The fourth-order valence-corrected chi connectivity index (χ4v) is 2.95. The second kappa shape index (κ2) is 9.41. The summed E-state index contributed by atoms with van der Waals surface area (Å²) in [5, 5.41) is 12.3. The summed E-state index contributed by atoms with van der Waals surface area (Å²) in [6.45, 7) is 2.41. The van der Waals surface area contributed by atoms with Crippen molar-refractivity contribution >= 4 is 17.5 Å². The molecule has 0 bridgehead atoms. The van der Waals surface area contributed by atoms with Gasteiger partial charge in [-0.3, -0.25) is 9.59 Å². The first kappa shape index (κ1) is 22.0. The topological polar surface area (TPSA) is 88.9 Å². The maximum atomic E-state index is 13.3. The van der Waals surface area contributed by atoms with Gasteiger partial charge in [-0.2, -0.15) is 13.2 Å². The number of amides is 2. The smallest absolute Gasteiger partial charge is 0.350 e. The second-order valence-corrected chi connectivity index (χ2v) is 6.97. The molecular formula is C21H20F3N5O2. The Balaban J connectivity index is 1.73. The zero-order valence-corrected chi connectivity index (χ0v) is 16.6. The average Bonchev–Trinajstić information content (AvgIpc) is 3.20. The predicted molar refractivity (Wildman–Crippen MR) is 107 cm³/mol. The Morgan fingerprint density at radius 3 is 2.48 bits per heavy atom. The highest BCUT2D eigenvalue weighted by atomic mass is 19.4. The van der Waals surface area contributed by atoms with Gasteiger partial charge in [-0.05, 0) is 30.7 Å². The molecule has 0 aliphatic carbocycles. The number of aryl methyl sites for hydroxylation is 1. The Morgan fingerprint density at radius 2 is 1.81 bits per heavy atom. The van der Waals surface area contributed by atoms with Crippen LogP contribution in [0.5, 0.6) is 0 Å². The first-order valence-electron chi connectivity index (χ1n) is 9.39. The summed E-state index contributed by atoms with van der Waals surface area (Å²) >= 11 is 0. The lowest BCUT2D eigenvalue weighted by molar-refractivity contribution is -0.137. The lowest BCUT2D eigenvalue weighted by atomic mass is 10.1. The van der Waals surface area contributed by atoms with Crippen molar-refractivity contribution in [2.75, 3.05) is 11.9 Å². The van der Waals surface area contributed by atoms with Crippen LogP contribution in [-0.2, 0) is 23.9 Å². The highest BCUT2D eigenvalue weighted by Crippen LogP contribution is 2.32. The van der Waals surface area contributed by atoms with Crippen LogP contribution in [0.25, 0.3) is 0 Å². The molecule has 1 heterocycles. The summed E-state index contributed by atoms with van der Waals surface area (Å²) < 4.78 is 41.6. The molecule has 0 aliphatic heterocycles. The molecule has 1 aromatic heterocycles. The first-order valence-corrected chi connectivity index (χ1v) is 9.39. The predicted octanol–water partition coefficient (Wildman–Crippen LogP) is 3.22. The Morgan fingerprint density at radius 1 is 1.06 bits per heavy atom. The van der Waals surface area contributed by atoms with Crippen molar-refractivity contribution < 1.29 is 22.8 Å². The number of carbonyl (C=O) groups excluding carboxylic acids is 2. The number of rotatable bonds is 7. The molecule has 162 valence electrons. The fourth-order valence-electron chi connectivity index (χ4n) is 2.95. The van der Waals surface area contributed by atoms with Gasteiger partial charge in [-0.25, -0.2) is 0 Å². The Hall–Kier alpha value is -3.69. The van der Waals surface area contributed by atoms with Gasteiger partial charge in [0.1, 0.15) is 12.7 Å². The van der Waals surface area contributed by atoms with E-state index in [4.69, 9.17) is 0 Å². The van der Waals surface area contributed by atoms with Gasteiger partial charge < -0.3 is 15.2 Å². The summed E-state index contributed by atoms with van der Waals surface area (Å²) in [5.74, 6) is -1.17. The maximum Gasteiger partial charge on any atom is 0.416 e. The summed E-state index contributed by atoms with van der Waals surface area (Å²) in [4.78, 5) is 24.7. The van der Waals surface area contributed by atoms with Crippen molar-refractivity contribution in [1.29, 1.82) is 0 Å². The monoisotopic (exact) mass is 431 g/mol. The van der Waals surface area contributed by atoms with E-state index < -0.39 is 23.6 Å². The number of carbonyl (C=O) groups is 2. The third kappa shape index (κ3) is 6.39. The molecule has 2 aromatic carbocycles. The highest BCUT2D eigenvalue weighted by Gasteiger charge is 2.32. The second-order valence-electron chi connectivity index (χ2n) is 6.97. The van der Waals surface area contributed by atoms with E-state index in [0.717, 1.165) is 23.3 Å². The van der Waals surface area contributed by atoms with Crippen LogP contribution in [0.1, 0.15) is 27.0 Å². The number of nitrogens with one attached hydrogen (secondary N) is 2. The SMILES string of the molecule is Cc1cccc(CC(=O)Nc2cc(C(=O)NCCn3cnnc3)cc(C(F)(F)F)c2)c1. The molecule has 0 saturated carbocycles. The number of anilines is 1. The third-order valence-electron chi connectivity index (χ3n) is 4.38. The van der Waals surface area contributed by atoms with Gasteiger partial charge in [0.2, 0.25) is 5.91 Å². The van der Waals surface area contributed by atoms with Gasteiger partial charge in [0.25, 0.3) is 5.91 Å². The Bertz CT molecular complexity index is 1070. The number of nitrogens with zero attached hydrogens (tertiary/aromatic N) is 3. The van der Waals surface area contributed by atoms with Gasteiger partial charge >= 0.3 is 6.18 Å². The first-order chi connectivity index (χ1) is 14.7. The van der Waals surface area contributed by atoms with Crippen molar-refractivity contribution in [3.05, 3.63) is 77.4 Å². The third-order valence-corrected chi connectivity index (χ3v) is 4.38. The number of benzene rings is 2. The molecule has 2 N–H and O–H groups in total. The van der Waals surface area contributed by atoms with Gasteiger partial charge in [-0.15, -0.1) is 10.2 Å². The molecular weight excluding hydrogens is 411 g/mol. The fraction of sp³-hybridized carbons (Fsp3) is 0.238. The van der Waals surface area contributed by atoms with Crippen LogP contribution in [-0.4, -0.2) is 33.1 Å². The largest absolute Gasteiger partial charge is 0.416 e. The summed E-state index contributed by atoms with van der Waals surface area (Å²) in [6, 6.07) is 10.0. The number of alkyl halides is 3. The van der Waals surface area contributed by atoms with Crippen LogP contribution in [0.15, 0.2) is 55.1 Å². The van der Waals surface area contributed by atoms with Gasteiger partial charge in [0.05, 0.1) is 12.0 Å². The molecule has 31 heavy (non-hydrogen) atoms. The van der Waals surface area contributed by atoms with Crippen LogP contribution < -0.4 is 10.6 Å².